The highest BCUT2D eigenvalue weighted by molar-refractivity contribution is 5.78. The van der Waals surface area contributed by atoms with Crippen LogP contribution in [0.1, 0.15) is 12.8 Å². The van der Waals surface area contributed by atoms with E-state index in [9.17, 15) is 4.79 Å². The van der Waals surface area contributed by atoms with Crippen LogP contribution in [0.2, 0.25) is 0 Å². The van der Waals surface area contributed by atoms with Crippen LogP contribution in [0.15, 0.2) is 0 Å². The minimum Gasteiger partial charge on any atom is -0.350 e. The average molecular weight is 183 g/mol. The molecule has 2 fully saturated rings. The van der Waals surface area contributed by atoms with Crippen molar-refractivity contribution in [2.45, 2.75) is 18.9 Å². The number of hydrogen-bond acceptors (Lipinski definition) is 3. The third kappa shape index (κ3) is 1.56. The lowest BCUT2D eigenvalue weighted by Crippen LogP contribution is -2.44. The number of likely N-dealkylation sites (tertiary alicyclic amines) is 1. The minimum atomic E-state index is -0.0217. The molecule has 4 nitrogen and oxygen atoms in total. The first-order chi connectivity index (χ1) is 6.16. The number of amides is 1. The molecule has 1 atom stereocenters. The molecule has 13 heavy (non-hydrogen) atoms. The molecular formula is C9H17N3O. The molecule has 0 radical (unpaired) electrons. The Morgan fingerprint density at radius 2 is 2.38 bits per heavy atom. The molecule has 0 aromatic carbocycles. The van der Waals surface area contributed by atoms with Gasteiger partial charge in [-0.15, -0.1) is 0 Å². The van der Waals surface area contributed by atoms with E-state index in [2.05, 4.69) is 17.3 Å². The van der Waals surface area contributed by atoms with Crippen LogP contribution < -0.4 is 11.1 Å². The molecule has 0 bridgehead atoms. The molecule has 0 unspecified atom stereocenters. The van der Waals surface area contributed by atoms with Gasteiger partial charge in [0.25, 0.3) is 0 Å². The van der Waals surface area contributed by atoms with Gasteiger partial charge in [0, 0.05) is 24.5 Å². The lowest BCUT2D eigenvalue weighted by atomic mass is 10.0. The molecule has 3 N–H and O–H groups in total. The fourth-order valence-corrected chi connectivity index (χ4v) is 2.34. The summed E-state index contributed by atoms with van der Waals surface area (Å²) in [6.45, 7) is 2.21. The van der Waals surface area contributed by atoms with Gasteiger partial charge in [0.1, 0.15) is 0 Å². The number of hydrogen-bond donors (Lipinski definition) is 2. The molecule has 1 heterocycles. The Labute approximate surface area is 78.5 Å². The van der Waals surface area contributed by atoms with Gasteiger partial charge < -0.3 is 16.0 Å². The van der Waals surface area contributed by atoms with E-state index in [1.807, 2.05) is 0 Å². The van der Waals surface area contributed by atoms with Crippen molar-refractivity contribution in [1.82, 2.24) is 10.2 Å². The molecule has 2 aliphatic rings. The van der Waals surface area contributed by atoms with Gasteiger partial charge in [-0.05, 0) is 19.9 Å². The van der Waals surface area contributed by atoms with E-state index in [0.717, 1.165) is 13.1 Å². The zero-order chi connectivity index (χ0) is 9.47. The fraction of sp³-hybridized carbons (Fsp3) is 0.889. The maximum Gasteiger partial charge on any atom is 0.234 e. The molecule has 4 heteroatoms. The zero-order valence-corrected chi connectivity index (χ0v) is 8.05. The Morgan fingerprint density at radius 3 is 2.92 bits per heavy atom. The summed E-state index contributed by atoms with van der Waals surface area (Å²) < 4.78 is 0. The van der Waals surface area contributed by atoms with Gasteiger partial charge in [0.05, 0.1) is 6.54 Å². The van der Waals surface area contributed by atoms with E-state index < -0.39 is 0 Å². The number of carbonyl (C=O) groups excluding carboxylic acids is 1. The second-order valence-corrected chi connectivity index (χ2v) is 4.38. The van der Waals surface area contributed by atoms with Crippen LogP contribution in [0.4, 0.5) is 0 Å². The number of likely N-dealkylation sites (N-methyl/N-ethyl adjacent to an activating group) is 1. The van der Waals surface area contributed by atoms with E-state index in [4.69, 9.17) is 5.73 Å². The molecule has 1 aliphatic heterocycles. The van der Waals surface area contributed by atoms with Crippen LogP contribution in [-0.4, -0.2) is 43.5 Å². The molecule has 2 rings (SSSR count). The van der Waals surface area contributed by atoms with E-state index in [0.29, 0.717) is 11.5 Å². The van der Waals surface area contributed by atoms with Gasteiger partial charge in [-0.3, -0.25) is 4.79 Å². The largest absolute Gasteiger partial charge is 0.350 e. The van der Waals surface area contributed by atoms with Crippen molar-refractivity contribution in [3.05, 3.63) is 0 Å². The first kappa shape index (κ1) is 8.97. The van der Waals surface area contributed by atoms with Crippen molar-refractivity contribution in [3.63, 3.8) is 0 Å². The van der Waals surface area contributed by atoms with Crippen molar-refractivity contribution in [2.75, 3.05) is 26.7 Å². The molecule has 0 aromatic heterocycles. The van der Waals surface area contributed by atoms with Crippen molar-refractivity contribution >= 4 is 5.91 Å². The monoisotopic (exact) mass is 183 g/mol. The van der Waals surface area contributed by atoms with Crippen molar-refractivity contribution in [3.8, 4) is 0 Å². The molecule has 0 aromatic rings. The summed E-state index contributed by atoms with van der Waals surface area (Å²) in [6.07, 6.45) is 2.51. The third-order valence-electron chi connectivity index (χ3n) is 3.23. The predicted molar refractivity (Wildman–Crippen MR) is 50.1 cm³/mol. The smallest absolute Gasteiger partial charge is 0.234 e. The van der Waals surface area contributed by atoms with Crippen molar-refractivity contribution in [1.29, 1.82) is 0 Å². The van der Waals surface area contributed by atoms with E-state index in [-0.39, 0.29) is 12.5 Å². The van der Waals surface area contributed by atoms with Gasteiger partial charge >= 0.3 is 0 Å². The molecule has 1 spiro atoms. The summed E-state index contributed by atoms with van der Waals surface area (Å²) in [7, 11) is 2.11. The normalized spacial score (nSPS) is 30.8. The SMILES string of the molecule is CN1C[C@H](NC(=O)CN)C2(CC2)C1. The summed E-state index contributed by atoms with van der Waals surface area (Å²) in [5, 5.41) is 3.01. The lowest BCUT2D eigenvalue weighted by Gasteiger charge is -2.18. The maximum absolute atomic E-state index is 11.1. The highest BCUT2D eigenvalue weighted by Crippen LogP contribution is 2.52. The third-order valence-corrected chi connectivity index (χ3v) is 3.23. The quantitative estimate of drug-likeness (QED) is 0.586. The van der Waals surface area contributed by atoms with Crippen LogP contribution in [-0.2, 0) is 4.79 Å². The molecular weight excluding hydrogens is 166 g/mol. The highest BCUT2D eigenvalue weighted by atomic mass is 16.1. The first-order valence-electron chi connectivity index (χ1n) is 4.84. The summed E-state index contributed by atoms with van der Waals surface area (Å²) >= 11 is 0. The molecule has 1 aliphatic carbocycles. The van der Waals surface area contributed by atoms with Crippen LogP contribution in [0.25, 0.3) is 0 Å². The molecule has 1 amide bonds. The predicted octanol–water partition coefficient (Wildman–Crippen LogP) is -0.844. The Morgan fingerprint density at radius 1 is 1.69 bits per heavy atom. The number of nitrogens with one attached hydrogen (secondary N) is 1. The van der Waals surface area contributed by atoms with Crippen molar-refractivity contribution in [2.24, 2.45) is 11.1 Å². The molecule has 1 saturated heterocycles. The van der Waals surface area contributed by atoms with Gasteiger partial charge in [0.2, 0.25) is 5.91 Å². The van der Waals surface area contributed by atoms with E-state index in [1.165, 1.54) is 12.8 Å². The Kier molecular flexibility index (Phi) is 2.04. The highest BCUT2D eigenvalue weighted by Gasteiger charge is 2.54. The minimum absolute atomic E-state index is 0.0217. The second-order valence-electron chi connectivity index (χ2n) is 4.38. The summed E-state index contributed by atoms with van der Waals surface area (Å²) in [6, 6.07) is 0.341. The number of rotatable bonds is 2. The van der Waals surface area contributed by atoms with Crippen LogP contribution >= 0.6 is 0 Å². The number of nitrogens with zero attached hydrogens (tertiary/aromatic N) is 1. The van der Waals surface area contributed by atoms with Crippen molar-refractivity contribution < 1.29 is 4.79 Å². The maximum atomic E-state index is 11.1. The van der Waals surface area contributed by atoms with Crippen LogP contribution in [0.5, 0.6) is 0 Å². The van der Waals surface area contributed by atoms with Gasteiger partial charge in [-0.1, -0.05) is 0 Å². The van der Waals surface area contributed by atoms with Crippen LogP contribution in [0.3, 0.4) is 0 Å². The number of carbonyl (C=O) groups is 1. The first-order valence-corrected chi connectivity index (χ1v) is 4.84. The Balaban J connectivity index is 1.95. The van der Waals surface area contributed by atoms with Gasteiger partial charge in [-0.2, -0.15) is 0 Å². The summed E-state index contributed by atoms with van der Waals surface area (Å²) in [5.41, 5.74) is 5.67. The van der Waals surface area contributed by atoms with E-state index in [1.54, 1.807) is 0 Å². The lowest BCUT2D eigenvalue weighted by molar-refractivity contribution is -0.120. The fourth-order valence-electron chi connectivity index (χ4n) is 2.34. The Hall–Kier alpha value is -0.610. The summed E-state index contributed by atoms with van der Waals surface area (Å²) in [4.78, 5) is 13.4. The summed E-state index contributed by atoms with van der Waals surface area (Å²) in [5.74, 6) is -0.0217. The second kappa shape index (κ2) is 2.96. The molecule has 74 valence electrons. The average Bonchev–Trinajstić information content (AvgIpc) is 2.77. The van der Waals surface area contributed by atoms with Gasteiger partial charge in [0.15, 0.2) is 0 Å². The topological polar surface area (TPSA) is 58.4 Å². The van der Waals surface area contributed by atoms with Gasteiger partial charge in [-0.25, -0.2) is 0 Å². The number of nitrogens with two attached hydrogens (primary N) is 1. The zero-order valence-electron chi connectivity index (χ0n) is 8.05. The van der Waals surface area contributed by atoms with E-state index >= 15 is 0 Å². The van der Waals surface area contributed by atoms with Crippen LogP contribution in [0, 0.1) is 5.41 Å². The standard InChI is InChI=1S/C9H17N3O/c1-12-5-7(11-8(13)4-10)9(6-12)2-3-9/h7H,2-6,10H2,1H3,(H,11,13)/t7-/m0/s1. The Bertz CT molecular complexity index is 225. The molecule has 1 saturated carbocycles.